The monoisotopic (exact) mass is 435 g/mol. The highest BCUT2D eigenvalue weighted by Gasteiger charge is 2.19. The molecule has 0 radical (unpaired) electrons. The summed E-state index contributed by atoms with van der Waals surface area (Å²) in [6.45, 7) is 5.47. The number of para-hydroxylation sites is 1. The van der Waals surface area contributed by atoms with Gasteiger partial charge in [-0.2, -0.15) is 15.0 Å². The maximum Gasteiger partial charge on any atom is 0.265 e. The number of hydrogen-bond donors (Lipinski definition) is 3. The van der Waals surface area contributed by atoms with Crippen molar-refractivity contribution in [2.75, 3.05) is 48.8 Å². The van der Waals surface area contributed by atoms with Crippen LogP contribution in [0, 0.1) is 0 Å². The van der Waals surface area contributed by atoms with Crippen LogP contribution in [0.4, 0.5) is 23.5 Å². The number of aromatic amines is 1. The number of piperazine rings is 1. The van der Waals surface area contributed by atoms with E-state index in [1.165, 1.54) is 6.20 Å². The van der Waals surface area contributed by atoms with E-state index < -0.39 is 11.5 Å². The van der Waals surface area contributed by atoms with Crippen LogP contribution in [-0.2, 0) is 6.42 Å². The quantitative estimate of drug-likeness (QED) is 0.523. The fourth-order valence-corrected chi connectivity index (χ4v) is 3.22. The number of aryl methyl sites for hydroxylation is 1. The third-order valence-corrected chi connectivity index (χ3v) is 5.08. The van der Waals surface area contributed by atoms with E-state index in [9.17, 15) is 9.59 Å². The highest BCUT2D eigenvalue weighted by molar-refractivity contribution is 6.03. The van der Waals surface area contributed by atoms with E-state index in [0.717, 1.165) is 26.2 Å². The molecule has 166 valence electrons. The average molecular weight is 435 g/mol. The molecular weight excluding hydrogens is 410 g/mol. The Morgan fingerprint density at radius 3 is 2.53 bits per heavy atom. The lowest BCUT2D eigenvalue weighted by atomic mass is 10.2. The van der Waals surface area contributed by atoms with Gasteiger partial charge in [-0.05, 0) is 19.2 Å². The highest BCUT2D eigenvalue weighted by Crippen LogP contribution is 2.15. The molecule has 11 nitrogen and oxygen atoms in total. The number of likely N-dealkylation sites (N-methyl/N-ethyl adjacent to an activating group) is 1. The zero-order valence-corrected chi connectivity index (χ0v) is 18.0. The first-order chi connectivity index (χ1) is 15.5. The molecule has 3 aromatic rings. The second-order valence-electron chi connectivity index (χ2n) is 7.44. The van der Waals surface area contributed by atoms with E-state index in [1.807, 2.05) is 13.0 Å². The predicted octanol–water partition coefficient (Wildman–Crippen LogP) is 1.26. The Hall–Kier alpha value is -3.86. The van der Waals surface area contributed by atoms with Crippen molar-refractivity contribution in [1.82, 2.24) is 29.8 Å². The minimum Gasteiger partial charge on any atom is -0.338 e. The molecule has 32 heavy (non-hydrogen) atoms. The van der Waals surface area contributed by atoms with Crippen molar-refractivity contribution in [3.05, 3.63) is 58.3 Å². The zero-order valence-electron chi connectivity index (χ0n) is 18.0. The fourth-order valence-electron chi connectivity index (χ4n) is 3.22. The van der Waals surface area contributed by atoms with Gasteiger partial charge in [0, 0.05) is 44.5 Å². The number of benzene rings is 1. The summed E-state index contributed by atoms with van der Waals surface area (Å²) in [5.41, 5.74) is -0.0739. The molecule has 0 spiro atoms. The Labute approximate surface area is 184 Å². The summed E-state index contributed by atoms with van der Waals surface area (Å²) >= 11 is 0. The van der Waals surface area contributed by atoms with Crippen LogP contribution in [0.5, 0.6) is 0 Å². The molecular formula is C21H25N9O2. The number of anilines is 4. The number of nitrogens with zero attached hydrogens (tertiary/aromatic N) is 6. The van der Waals surface area contributed by atoms with Gasteiger partial charge >= 0.3 is 0 Å². The van der Waals surface area contributed by atoms with Crippen molar-refractivity contribution < 1.29 is 4.79 Å². The summed E-state index contributed by atoms with van der Waals surface area (Å²) in [5.74, 6) is 1.12. The van der Waals surface area contributed by atoms with Gasteiger partial charge in [0.2, 0.25) is 17.8 Å². The average Bonchev–Trinajstić information content (AvgIpc) is 2.80. The van der Waals surface area contributed by atoms with Crippen LogP contribution in [0.25, 0.3) is 0 Å². The Balaban J connectivity index is 1.51. The van der Waals surface area contributed by atoms with Gasteiger partial charge in [-0.15, -0.1) is 0 Å². The summed E-state index contributed by atoms with van der Waals surface area (Å²) in [6, 6.07) is 8.89. The molecule has 0 bridgehead atoms. The Morgan fingerprint density at radius 1 is 1.09 bits per heavy atom. The molecule has 1 saturated heterocycles. The van der Waals surface area contributed by atoms with Crippen LogP contribution in [0.3, 0.4) is 0 Å². The number of amides is 1. The van der Waals surface area contributed by atoms with Gasteiger partial charge in [0.15, 0.2) is 0 Å². The molecule has 2 aromatic heterocycles. The van der Waals surface area contributed by atoms with Crippen molar-refractivity contribution >= 4 is 29.4 Å². The second-order valence-corrected chi connectivity index (χ2v) is 7.44. The van der Waals surface area contributed by atoms with Crippen molar-refractivity contribution in [3.8, 4) is 0 Å². The van der Waals surface area contributed by atoms with E-state index in [-0.39, 0.29) is 17.5 Å². The summed E-state index contributed by atoms with van der Waals surface area (Å²) in [4.78, 5) is 49.4. The lowest BCUT2D eigenvalue weighted by Gasteiger charge is -2.32. The van der Waals surface area contributed by atoms with Crippen molar-refractivity contribution in [2.45, 2.75) is 13.3 Å². The summed E-state index contributed by atoms with van der Waals surface area (Å²) in [5, 5.41) is 5.59. The third-order valence-electron chi connectivity index (χ3n) is 5.08. The lowest BCUT2D eigenvalue weighted by molar-refractivity contribution is 0.102. The molecule has 0 saturated carbocycles. The molecule has 1 aliphatic heterocycles. The number of hydrogen-bond acceptors (Lipinski definition) is 9. The minimum absolute atomic E-state index is 0.0950. The second kappa shape index (κ2) is 9.52. The van der Waals surface area contributed by atoms with E-state index in [2.05, 4.69) is 52.4 Å². The number of carbonyl (C=O) groups excluding carboxylic acids is 1. The smallest absolute Gasteiger partial charge is 0.265 e. The molecule has 1 fully saturated rings. The maximum atomic E-state index is 12.5. The van der Waals surface area contributed by atoms with E-state index in [4.69, 9.17) is 0 Å². The van der Waals surface area contributed by atoms with Crippen molar-refractivity contribution in [2.24, 2.45) is 0 Å². The van der Waals surface area contributed by atoms with Crippen LogP contribution in [-0.4, -0.2) is 69.0 Å². The van der Waals surface area contributed by atoms with Crippen LogP contribution < -0.4 is 21.1 Å². The summed E-state index contributed by atoms with van der Waals surface area (Å²) in [7, 11) is 2.08. The lowest BCUT2D eigenvalue weighted by Crippen LogP contribution is -2.45. The van der Waals surface area contributed by atoms with Gasteiger partial charge in [-0.1, -0.05) is 25.1 Å². The molecule has 1 amide bonds. The number of aromatic nitrogens is 5. The molecule has 11 heteroatoms. The minimum atomic E-state index is -0.569. The largest absolute Gasteiger partial charge is 0.338 e. The molecule has 1 aliphatic rings. The van der Waals surface area contributed by atoms with Crippen LogP contribution in [0.2, 0.25) is 0 Å². The fraction of sp³-hybridized carbons (Fsp3) is 0.333. The molecule has 0 atom stereocenters. The van der Waals surface area contributed by atoms with Gasteiger partial charge in [0.1, 0.15) is 11.4 Å². The predicted molar refractivity (Wildman–Crippen MR) is 121 cm³/mol. The third kappa shape index (κ3) is 5.06. The standard InChI is InChI=1S/C21H25N9O2/c1-3-16-24-20(28-21(25-16)30-11-9-29(2)10-12-30)27-19-22-13-15(18(32)26-19)17(31)23-14-7-5-4-6-8-14/h4-8,13H,3,9-12H2,1-2H3,(H,23,31)(H2,22,24,25,26,27,28,32). The molecule has 0 unspecified atom stereocenters. The first-order valence-electron chi connectivity index (χ1n) is 10.4. The van der Waals surface area contributed by atoms with Gasteiger partial charge in [-0.25, -0.2) is 4.98 Å². The molecule has 4 rings (SSSR count). The Kier molecular flexibility index (Phi) is 6.36. The maximum absolute atomic E-state index is 12.5. The topological polar surface area (TPSA) is 132 Å². The van der Waals surface area contributed by atoms with Crippen LogP contribution >= 0.6 is 0 Å². The van der Waals surface area contributed by atoms with Crippen LogP contribution in [0.1, 0.15) is 23.1 Å². The van der Waals surface area contributed by atoms with Crippen molar-refractivity contribution in [1.29, 1.82) is 0 Å². The van der Waals surface area contributed by atoms with Gasteiger partial charge in [0.05, 0.1) is 0 Å². The SMILES string of the molecule is CCc1nc(Nc2ncc(C(=O)Nc3ccccc3)c(=O)[nH]2)nc(N2CCN(C)CC2)n1. The van der Waals surface area contributed by atoms with Crippen molar-refractivity contribution in [3.63, 3.8) is 0 Å². The summed E-state index contributed by atoms with van der Waals surface area (Å²) < 4.78 is 0. The molecule has 0 aliphatic carbocycles. The first-order valence-corrected chi connectivity index (χ1v) is 10.4. The van der Waals surface area contributed by atoms with Gasteiger partial charge < -0.3 is 15.1 Å². The first kappa shape index (κ1) is 21.4. The number of H-pyrrole nitrogens is 1. The molecule has 3 N–H and O–H groups in total. The number of carbonyl (C=O) groups is 1. The van der Waals surface area contributed by atoms with Crippen LogP contribution in [0.15, 0.2) is 41.3 Å². The van der Waals surface area contributed by atoms with E-state index in [1.54, 1.807) is 24.3 Å². The van der Waals surface area contributed by atoms with Gasteiger partial charge in [0.25, 0.3) is 11.5 Å². The number of nitrogens with one attached hydrogen (secondary N) is 3. The summed E-state index contributed by atoms with van der Waals surface area (Å²) in [6.07, 6.45) is 1.86. The Bertz CT molecular complexity index is 1140. The molecule has 1 aromatic carbocycles. The highest BCUT2D eigenvalue weighted by atomic mass is 16.2. The number of rotatable bonds is 6. The van der Waals surface area contributed by atoms with Gasteiger partial charge in [-0.3, -0.25) is 19.9 Å². The molecule has 3 heterocycles. The zero-order chi connectivity index (χ0) is 22.5. The van der Waals surface area contributed by atoms with E-state index >= 15 is 0 Å². The van der Waals surface area contributed by atoms with E-state index in [0.29, 0.717) is 23.9 Å². The normalized spacial score (nSPS) is 14.2. The Morgan fingerprint density at radius 2 is 1.84 bits per heavy atom.